The van der Waals surface area contributed by atoms with Crippen LogP contribution in [-0.2, 0) is 21.3 Å². The maximum Gasteiger partial charge on any atom is 0.251 e. The first kappa shape index (κ1) is 23.7. The predicted molar refractivity (Wildman–Crippen MR) is 127 cm³/mol. The molecule has 0 radical (unpaired) electrons. The molecular weight excluding hydrogens is 440 g/mol. The smallest absolute Gasteiger partial charge is 0.251 e. The minimum atomic E-state index is -3.65. The van der Waals surface area contributed by atoms with Gasteiger partial charge in [-0.3, -0.25) is 4.79 Å². The summed E-state index contributed by atoms with van der Waals surface area (Å²) in [6, 6.07) is 10.1. The number of nitrogens with one attached hydrogen (secondary N) is 1. The molecule has 1 saturated carbocycles. The van der Waals surface area contributed by atoms with Gasteiger partial charge >= 0.3 is 0 Å². The molecule has 2 aromatic rings. The highest BCUT2D eigenvalue weighted by Gasteiger charge is 2.29. The normalized spacial score (nSPS) is 17.8. The van der Waals surface area contributed by atoms with Crippen LogP contribution < -0.4 is 10.2 Å². The van der Waals surface area contributed by atoms with Crippen LogP contribution in [0, 0.1) is 0 Å². The third-order valence-electron chi connectivity index (χ3n) is 6.46. The van der Waals surface area contributed by atoms with Gasteiger partial charge in [0.15, 0.2) is 0 Å². The lowest BCUT2D eigenvalue weighted by Crippen LogP contribution is -2.38. The van der Waals surface area contributed by atoms with E-state index in [1.54, 1.807) is 31.4 Å². The Bertz CT molecular complexity index is 1060. The van der Waals surface area contributed by atoms with E-state index in [2.05, 4.69) is 15.2 Å². The molecular formula is C24H32N4O4S. The van der Waals surface area contributed by atoms with Gasteiger partial charge in [0.1, 0.15) is 5.82 Å². The number of rotatable bonds is 7. The van der Waals surface area contributed by atoms with Crippen molar-refractivity contribution in [2.75, 3.05) is 38.3 Å². The molecule has 2 fully saturated rings. The van der Waals surface area contributed by atoms with Gasteiger partial charge in [-0.1, -0.05) is 25.3 Å². The molecule has 0 unspecified atom stereocenters. The number of nitrogens with zero attached hydrogens (tertiary/aromatic N) is 3. The lowest BCUT2D eigenvalue weighted by atomic mass is 9.96. The van der Waals surface area contributed by atoms with Crippen molar-refractivity contribution in [1.82, 2.24) is 14.6 Å². The number of aromatic nitrogens is 1. The summed E-state index contributed by atoms with van der Waals surface area (Å²) in [5, 5.41) is 2.90. The van der Waals surface area contributed by atoms with Crippen molar-refractivity contribution in [2.45, 2.75) is 49.6 Å². The summed E-state index contributed by atoms with van der Waals surface area (Å²) in [4.78, 5) is 19.5. The van der Waals surface area contributed by atoms with Gasteiger partial charge in [-0.2, -0.15) is 4.31 Å². The second-order valence-corrected chi connectivity index (χ2v) is 10.6. The maximum atomic E-state index is 13.1. The average Bonchev–Trinajstić information content (AvgIpc) is 2.88. The van der Waals surface area contributed by atoms with Crippen LogP contribution in [0.15, 0.2) is 47.5 Å². The molecule has 0 bridgehead atoms. The molecule has 178 valence electrons. The molecule has 1 aliphatic carbocycles. The number of ether oxygens (including phenoxy) is 1. The van der Waals surface area contributed by atoms with Crippen molar-refractivity contribution < 1.29 is 17.9 Å². The fourth-order valence-electron chi connectivity index (χ4n) is 4.43. The summed E-state index contributed by atoms with van der Waals surface area (Å²) in [7, 11) is -2.00. The molecule has 9 heteroatoms. The quantitative estimate of drug-likeness (QED) is 0.666. The first-order valence-electron chi connectivity index (χ1n) is 11.6. The van der Waals surface area contributed by atoms with Crippen LogP contribution in [0.4, 0.5) is 5.82 Å². The second kappa shape index (κ2) is 10.6. The molecule has 2 heterocycles. The molecule has 1 aliphatic heterocycles. The summed E-state index contributed by atoms with van der Waals surface area (Å²) >= 11 is 0. The molecule has 1 amide bonds. The van der Waals surface area contributed by atoms with Gasteiger partial charge in [-0.05, 0) is 48.7 Å². The van der Waals surface area contributed by atoms with Crippen molar-refractivity contribution in [3.63, 3.8) is 0 Å². The first-order valence-corrected chi connectivity index (χ1v) is 13.0. The maximum absolute atomic E-state index is 13.1. The summed E-state index contributed by atoms with van der Waals surface area (Å²) in [5.74, 6) is 0.556. The highest BCUT2D eigenvalue weighted by molar-refractivity contribution is 7.89. The number of benzene rings is 1. The van der Waals surface area contributed by atoms with Gasteiger partial charge in [0.05, 0.1) is 18.1 Å². The van der Waals surface area contributed by atoms with Crippen LogP contribution in [0.2, 0.25) is 0 Å². The standard InChI is InChI=1S/C24H32N4O4S/c1-27(21-7-3-2-4-8-21)33(30,31)22-9-5-6-20(17-22)24(29)26-18-19-10-11-25-23(16-19)28-12-14-32-15-13-28/h5-6,9-11,16-17,21H,2-4,7-8,12-15,18H2,1H3,(H,26,29). The molecule has 0 spiro atoms. The Kier molecular flexibility index (Phi) is 7.62. The van der Waals surface area contributed by atoms with Crippen molar-refractivity contribution in [3.8, 4) is 0 Å². The number of anilines is 1. The highest BCUT2D eigenvalue weighted by atomic mass is 32.2. The summed E-state index contributed by atoms with van der Waals surface area (Å²) < 4.78 is 33.2. The van der Waals surface area contributed by atoms with Gasteiger partial charge in [0.2, 0.25) is 10.0 Å². The van der Waals surface area contributed by atoms with Gasteiger partial charge in [-0.25, -0.2) is 13.4 Å². The SMILES string of the molecule is CN(C1CCCCC1)S(=O)(=O)c1cccc(C(=O)NCc2ccnc(N3CCOCC3)c2)c1. The summed E-state index contributed by atoms with van der Waals surface area (Å²) in [6.07, 6.45) is 6.76. The van der Waals surface area contributed by atoms with Gasteiger partial charge in [0, 0.05) is 44.5 Å². The average molecular weight is 473 g/mol. The lowest BCUT2D eigenvalue weighted by Gasteiger charge is -2.30. The number of carbonyl (C=O) groups excluding carboxylic acids is 1. The fraction of sp³-hybridized carbons (Fsp3) is 0.500. The zero-order chi connectivity index (χ0) is 23.3. The Morgan fingerprint density at radius 1 is 1.15 bits per heavy atom. The Balaban J connectivity index is 1.41. The number of hydrogen-bond donors (Lipinski definition) is 1. The number of sulfonamides is 1. The van der Waals surface area contributed by atoms with E-state index in [1.165, 1.54) is 10.4 Å². The van der Waals surface area contributed by atoms with E-state index in [0.717, 1.165) is 56.6 Å². The minimum absolute atomic E-state index is 0.0218. The van der Waals surface area contributed by atoms with Gasteiger partial charge < -0.3 is 15.0 Å². The number of morpholine rings is 1. The Labute approximate surface area is 196 Å². The highest BCUT2D eigenvalue weighted by Crippen LogP contribution is 2.26. The monoisotopic (exact) mass is 472 g/mol. The summed E-state index contributed by atoms with van der Waals surface area (Å²) in [6.45, 7) is 3.27. The number of pyridine rings is 1. The third kappa shape index (κ3) is 5.72. The van der Waals surface area contributed by atoms with Crippen molar-refractivity contribution in [3.05, 3.63) is 53.7 Å². The minimum Gasteiger partial charge on any atom is -0.378 e. The van der Waals surface area contributed by atoms with E-state index in [1.807, 2.05) is 12.1 Å². The van der Waals surface area contributed by atoms with Crippen LogP contribution in [0.5, 0.6) is 0 Å². The van der Waals surface area contributed by atoms with Crippen LogP contribution in [0.1, 0.15) is 48.0 Å². The molecule has 33 heavy (non-hydrogen) atoms. The molecule has 1 N–H and O–H groups in total. The molecule has 8 nitrogen and oxygen atoms in total. The van der Waals surface area contributed by atoms with Crippen molar-refractivity contribution in [2.24, 2.45) is 0 Å². The van der Waals surface area contributed by atoms with Crippen molar-refractivity contribution >= 4 is 21.7 Å². The van der Waals surface area contributed by atoms with E-state index < -0.39 is 10.0 Å². The Hall–Kier alpha value is -2.49. The topological polar surface area (TPSA) is 91.8 Å². The number of amides is 1. The fourth-order valence-corrected chi connectivity index (χ4v) is 5.89. The molecule has 2 aliphatic rings. The Morgan fingerprint density at radius 3 is 2.67 bits per heavy atom. The molecule has 1 saturated heterocycles. The van der Waals surface area contributed by atoms with E-state index in [9.17, 15) is 13.2 Å². The molecule has 4 rings (SSSR count). The van der Waals surface area contributed by atoms with Crippen LogP contribution in [0.3, 0.4) is 0 Å². The zero-order valence-corrected chi connectivity index (χ0v) is 19.9. The second-order valence-electron chi connectivity index (χ2n) is 8.65. The van der Waals surface area contributed by atoms with E-state index in [0.29, 0.717) is 25.3 Å². The van der Waals surface area contributed by atoms with E-state index in [4.69, 9.17) is 4.74 Å². The lowest BCUT2D eigenvalue weighted by molar-refractivity contribution is 0.0950. The van der Waals surface area contributed by atoms with E-state index in [-0.39, 0.29) is 16.8 Å². The third-order valence-corrected chi connectivity index (χ3v) is 8.37. The first-order chi connectivity index (χ1) is 15.9. The van der Waals surface area contributed by atoms with Gasteiger partial charge in [0.25, 0.3) is 5.91 Å². The Morgan fingerprint density at radius 2 is 1.91 bits per heavy atom. The van der Waals surface area contributed by atoms with E-state index >= 15 is 0 Å². The molecule has 1 aromatic heterocycles. The van der Waals surface area contributed by atoms with Crippen LogP contribution >= 0.6 is 0 Å². The number of carbonyl (C=O) groups is 1. The zero-order valence-electron chi connectivity index (χ0n) is 19.1. The molecule has 1 aromatic carbocycles. The summed E-state index contributed by atoms with van der Waals surface area (Å²) in [5.41, 5.74) is 1.26. The largest absolute Gasteiger partial charge is 0.378 e. The predicted octanol–water partition coefficient (Wildman–Crippen LogP) is 2.80. The van der Waals surface area contributed by atoms with Crippen LogP contribution in [0.25, 0.3) is 0 Å². The van der Waals surface area contributed by atoms with Crippen LogP contribution in [-0.4, -0.2) is 63.0 Å². The molecule has 0 atom stereocenters. The van der Waals surface area contributed by atoms with Crippen molar-refractivity contribution in [1.29, 1.82) is 0 Å². The van der Waals surface area contributed by atoms with Gasteiger partial charge in [-0.15, -0.1) is 0 Å². The number of hydrogen-bond acceptors (Lipinski definition) is 6.